The number of quaternary nitrogens is 2. The van der Waals surface area contributed by atoms with Gasteiger partial charge in [0.2, 0.25) is 6.80 Å². The van der Waals surface area contributed by atoms with E-state index in [-0.39, 0.29) is 11.5 Å². The molecule has 0 saturated carbocycles. The minimum Gasteiger partial charge on any atom is -0.418 e. The van der Waals surface area contributed by atoms with E-state index in [1.54, 1.807) is 0 Å². The highest BCUT2D eigenvalue weighted by atomic mass is 19.5. The standard InChI is InChI=1S/C7H14F2N2.2BF4/c8-7-10-1-4-11(9,5-2-10)6-3-10;2*2-1(3,4)5/h1-7H2;;/q+2;2*-1. The zero-order valence-electron chi connectivity index (χ0n) is 10.8. The van der Waals surface area contributed by atoms with Crippen LogP contribution in [0.1, 0.15) is 0 Å². The molecule has 0 aromatic carbocycles. The highest BCUT2D eigenvalue weighted by molar-refractivity contribution is 6.50. The molecule has 0 amide bonds. The molecule has 2 bridgehead atoms. The summed E-state index contributed by atoms with van der Waals surface area (Å²) in [5.74, 6) is 0. The predicted octanol–water partition coefficient (Wildman–Crippen LogP) is 3.06. The summed E-state index contributed by atoms with van der Waals surface area (Å²) in [5, 5.41) is 0. The quantitative estimate of drug-likeness (QED) is 0.227. The van der Waals surface area contributed by atoms with Gasteiger partial charge in [0.25, 0.3) is 0 Å². The van der Waals surface area contributed by atoms with Crippen molar-refractivity contribution in [1.82, 2.24) is 0 Å². The number of rotatable bonds is 1. The normalized spacial score (nSPS) is 31.7. The first-order chi connectivity index (χ1) is 9.18. The number of nitrogens with zero attached hydrogens (tertiary/aromatic N) is 2. The van der Waals surface area contributed by atoms with E-state index in [1.165, 1.54) is 0 Å². The third-order valence-corrected chi connectivity index (χ3v) is 3.18. The topological polar surface area (TPSA) is 0 Å². The van der Waals surface area contributed by atoms with Gasteiger partial charge in [-0.1, -0.05) is 0 Å². The van der Waals surface area contributed by atoms with Crippen LogP contribution in [0.15, 0.2) is 0 Å². The van der Waals surface area contributed by atoms with E-state index in [0.717, 1.165) is 0 Å². The average molecular weight is 338 g/mol. The van der Waals surface area contributed by atoms with Crippen molar-refractivity contribution < 1.29 is 52.6 Å². The highest BCUT2D eigenvalue weighted by Crippen LogP contribution is 2.26. The molecule has 21 heavy (non-hydrogen) atoms. The summed E-state index contributed by atoms with van der Waals surface area (Å²) in [7, 11) is -12.0. The fourth-order valence-electron chi connectivity index (χ4n) is 2.02. The number of fused-ring (bicyclic) bond motifs is 3. The average Bonchev–Trinajstić information content (AvgIpc) is 2.26. The summed E-state index contributed by atoms with van der Waals surface area (Å²) in [6, 6.07) is 0. The molecule has 0 N–H and O–H groups in total. The Morgan fingerprint density at radius 3 is 1.05 bits per heavy atom. The summed E-state index contributed by atoms with van der Waals surface area (Å²) >= 11 is 0. The van der Waals surface area contributed by atoms with Gasteiger partial charge in [-0.15, -0.1) is 4.71 Å². The van der Waals surface area contributed by atoms with Crippen LogP contribution in [0.4, 0.5) is 43.4 Å². The maximum absolute atomic E-state index is 13.5. The molecule has 0 spiro atoms. The van der Waals surface area contributed by atoms with Crippen molar-refractivity contribution in [2.24, 2.45) is 0 Å². The lowest BCUT2D eigenvalue weighted by molar-refractivity contribution is -1.15. The molecule has 128 valence electrons. The van der Waals surface area contributed by atoms with Crippen molar-refractivity contribution in [3.05, 3.63) is 0 Å². The third kappa shape index (κ3) is 10.7. The van der Waals surface area contributed by atoms with E-state index in [9.17, 15) is 43.4 Å². The Bertz CT molecular complexity index is 271. The van der Waals surface area contributed by atoms with Gasteiger partial charge in [0.15, 0.2) is 19.6 Å². The minimum atomic E-state index is -6.00. The molecule has 3 aliphatic rings. The Kier molecular flexibility index (Phi) is 6.85. The Hall–Kier alpha value is -0.650. The Balaban J connectivity index is 0.000000340. The van der Waals surface area contributed by atoms with Gasteiger partial charge in [0.1, 0.15) is 19.6 Å². The number of piperazine rings is 3. The van der Waals surface area contributed by atoms with Gasteiger partial charge in [-0.05, 0) is 4.48 Å². The van der Waals surface area contributed by atoms with E-state index >= 15 is 0 Å². The summed E-state index contributed by atoms with van der Waals surface area (Å²) in [5.41, 5.74) is 0. The van der Waals surface area contributed by atoms with Crippen molar-refractivity contribution in [2.75, 3.05) is 46.1 Å². The van der Waals surface area contributed by atoms with E-state index in [2.05, 4.69) is 0 Å². The molecule has 3 heterocycles. The molecular formula is C7H14B2F10N2. The van der Waals surface area contributed by atoms with Gasteiger partial charge >= 0.3 is 14.5 Å². The van der Waals surface area contributed by atoms with Crippen LogP contribution in [0.25, 0.3) is 0 Å². The van der Waals surface area contributed by atoms with Gasteiger partial charge in [-0.3, -0.25) is 4.48 Å². The number of hydrogen-bond acceptors (Lipinski definition) is 0. The largest absolute Gasteiger partial charge is 0.673 e. The van der Waals surface area contributed by atoms with Crippen molar-refractivity contribution in [3.63, 3.8) is 0 Å². The summed E-state index contributed by atoms with van der Waals surface area (Å²) < 4.78 is 104. The molecule has 0 atom stereocenters. The Morgan fingerprint density at radius 2 is 0.857 bits per heavy atom. The molecule has 3 fully saturated rings. The highest BCUT2D eigenvalue weighted by Gasteiger charge is 2.50. The molecule has 0 aromatic heterocycles. The summed E-state index contributed by atoms with van der Waals surface area (Å²) in [6.45, 7) is 3.31. The molecule has 0 aromatic rings. The molecule has 2 nitrogen and oxygen atoms in total. The third-order valence-electron chi connectivity index (χ3n) is 3.18. The molecule has 3 rings (SSSR count). The first-order valence-corrected chi connectivity index (χ1v) is 5.90. The van der Waals surface area contributed by atoms with Crippen molar-refractivity contribution >= 4 is 14.5 Å². The van der Waals surface area contributed by atoms with Gasteiger partial charge in [0.05, 0.1) is 0 Å². The van der Waals surface area contributed by atoms with Crippen LogP contribution in [0.3, 0.4) is 0 Å². The molecule has 0 radical (unpaired) electrons. The van der Waals surface area contributed by atoms with Gasteiger partial charge < -0.3 is 34.5 Å². The lowest BCUT2D eigenvalue weighted by Crippen LogP contribution is -2.71. The van der Waals surface area contributed by atoms with Crippen molar-refractivity contribution in [2.45, 2.75) is 0 Å². The maximum atomic E-state index is 13.5. The number of hydrogen-bond donors (Lipinski definition) is 0. The SMILES string of the molecule is FC[N+]12CC[N+](F)(CC1)CC2.F[B-](F)(F)F.F[B-](F)(F)F. The smallest absolute Gasteiger partial charge is 0.418 e. The lowest BCUT2D eigenvalue weighted by atomic mass is 10.2. The van der Waals surface area contributed by atoms with E-state index in [1.807, 2.05) is 0 Å². The van der Waals surface area contributed by atoms with E-state index < -0.39 is 14.5 Å². The molecule has 3 aliphatic heterocycles. The van der Waals surface area contributed by atoms with Gasteiger partial charge in [-0.25, -0.2) is 0 Å². The zero-order valence-corrected chi connectivity index (χ0v) is 10.8. The second kappa shape index (κ2) is 7.07. The fraction of sp³-hybridized carbons (Fsp3) is 1.00. The summed E-state index contributed by atoms with van der Waals surface area (Å²) in [4.78, 5) is 0. The monoisotopic (exact) mass is 338 g/mol. The van der Waals surface area contributed by atoms with Crippen LogP contribution in [-0.2, 0) is 0 Å². The minimum absolute atomic E-state index is 0.306. The van der Waals surface area contributed by atoms with E-state index in [0.29, 0.717) is 43.8 Å². The molecule has 0 aliphatic carbocycles. The summed E-state index contributed by atoms with van der Waals surface area (Å²) in [6.07, 6.45) is 0. The molecule has 0 unspecified atom stereocenters. The molecular weight excluding hydrogens is 324 g/mol. The van der Waals surface area contributed by atoms with Crippen LogP contribution in [-0.4, -0.2) is 69.8 Å². The van der Waals surface area contributed by atoms with Crippen LogP contribution in [0.5, 0.6) is 0 Å². The van der Waals surface area contributed by atoms with Crippen LogP contribution >= 0.6 is 0 Å². The van der Waals surface area contributed by atoms with Gasteiger partial charge in [0, 0.05) is 0 Å². The van der Waals surface area contributed by atoms with Gasteiger partial charge in [-0.2, -0.15) is 4.39 Å². The van der Waals surface area contributed by atoms with Crippen LogP contribution < -0.4 is 0 Å². The van der Waals surface area contributed by atoms with Crippen LogP contribution in [0, 0.1) is 0 Å². The molecule has 14 heteroatoms. The number of alkyl halides is 1. The first-order valence-electron chi connectivity index (χ1n) is 5.90. The fourth-order valence-corrected chi connectivity index (χ4v) is 2.02. The van der Waals surface area contributed by atoms with Crippen molar-refractivity contribution in [1.29, 1.82) is 0 Å². The zero-order chi connectivity index (χ0) is 16.9. The van der Waals surface area contributed by atoms with Crippen molar-refractivity contribution in [3.8, 4) is 0 Å². The second-order valence-corrected chi connectivity index (χ2v) is 4.82. The molecule has 3 saturated heterocycles. The first kappa shape index (κ1) is 20.3. The van der Waals surface area contributed by atoms with E-state index in [4.69, 9.17) is 0 Å². The Morgan fingerprint density at radius 1 is 0.619 bits per heavy atom. The predicted molar refractivity (Wildman–Crippen MR) is 57.2 cm³/mol. The second-order valence-electron chi connectivity index (χ2n) is 4.82. The van der Waals surface area contributed by atoms with Crippen LogP contribution in [0.2, 0.25) is 0 Å². The Labute approximate surface area is 114 Å². The maximum Gasteiger partial charge on any atom is 0.673 e. The lowest BCUT2D eigenvalue weighted by Gasteiger charge is -2.48. The number of halogens is 10.